The summed E-state index contributed by atoms with van der Waals surface area (Å²) in [7, 11) is -3.89. The maximum Gasteiger partial charge on any atom is 0.244 e. The SMILES string of the molecule is CC[C@@H](C(=O)NC(C)(C)C)N(CCc1ccccc1)C(=O)CN(c1cccc(Cl)c1Cl)S(C)(=O)=O. The van der Waals surface area contributed by atoms with Crippen LogP contribution in [-0.4, -0.2) is 56.1 Å². The van der Waals surface area contributed by atoms with E-state index >= 15 is 0 Å². The molecule has 0 radical (unpaired) electrons. The van der Waals surface area contributed by atoms with Gasteiger partial charge in [-0.05, 0) is 51.3 Å². The number of carbonyl (C=O) groups excluding carboxylic acids is 2. The van der Waals surface area contributed by atoms with Crippen molar-refractivity contribution in [3.8, 4) is 0 Å². The van der Waals surface area contributed by atoms with Crippen LogP contribution in [0.25, 0.3) is 0 Å². The largest absolute Gasteiger partial charge is 0.350 e. The molecule has 7 nitrogen and oxygen atoms in total. The van der Waals surface area contributed by atoms with Gasteiger partial charge in [-0.25, -0.2) is 8.42 Å². The van der Waals surface area contributed by atoms with E-state index in [4.69, 9.17) is 23.2 Å². The van der Waals surface area contributed by atoms with Crippen LogP contribution in [0.5, 0.6) is 0 Å². The molecule has 192 valence electrons. The van der Waals surface area contributed by atoms with E-state index in [9.17, 15) is 18.0 Å². The molecule has 0 aliphatic heterocycles. The van der Waals surface area contributed by atoms with E-state index in [2.05, 4.69) is 5.32 Å². The molecule has 0 saturated carbocycles. The van der Waals surface area contributed by atoms with Crippen LogP contribution in [0.1, 0.15) is 39.7 Å². The number of hydrogen-bond donors (Lipinski definition) is 1. The van der Waals surface area contributed by atoms with Gasteiger partial charge in [-0.1, -0.05) is 66.5 Å². The van der Waals surface area contributed by atoms with Crippen LogP contribution in [0.4, 0.5) is 5.69 Å². The summed E-state index contributed by atoms with van der Waals surface area (Å²) in [5.74, 6) is -0.814. The average molecular weight is 543 g/mol. The average Bonchev–Trinajstić information content (AvgIpc) is 2.75. The second-order valence-electron chi connectivity index (χ2n) is 9.33. The van der Waals surface area contributed by atoms with E-state index in [-0.39, 0.29) is 28.2 Å². The minimum absolute atomic E-state index is 0.0285. The monoisotopic (exact) mass is 541 g/mol. The summed E-state index contributed by atoms with van der Waals surface area (Å²) < 4.78 is 26.3. The molecular weight excluding hydrogens is 509 g/mol. The van der Waals surface area contributed by atoms with Gasteiger partial charge >= 0.3 is 0 Å². The topological polar surface area (TPSA) is 86.8 Å². The molecule has 2 rings (SSSR count). The third-order valence-electron chi connectivity index (χ3n) is 5.25. The van der Waals surface area contributed by atoms with Gasteiger partial charge in [-0.15, -0.1) is 0 Å². The van der Waals surface area contributed by atoms with E-state index in [0.717, 1.165) is 16.1 Å². The van der Waals surface area contributed by atoms with Crippen LogP contribution < -0.4 is 9.62 Å². The van der Waals surface area contributed by atoms with Crippen LogP contribution in [0.3, 0.4) is 0 Å². The van der Waals surface area contributed by atoms with Crippen molar-refractivity contribution in [1.82, 2.24) is 10.2 Å². The minimum Gasteiger partial charge on any atom is -0.350 e. The molecule has 0 bridgehead atoms. The highest BCUT2D eigenvalue weighted by Gasteiger charge is 2.33. The molecule has 0 saturated heterocycles. The molecule has 0 fully saturated rings. The van der Waals surface area contributed by atoms with Gasteiger partial charge in [-0.3, -0.25) is 13.9 Å². The molecule has 2 aromatic rings. The number of anilines is 1. The molecular formula is C25H33Cl2N3O4S. The number of benzene rings is 2. The lowest BCUT2D eigenvalue weighted by molar-refractivity contribution is -0.140. The van der Waals surface area contributed by atoms with Crippen molar-refractivity contribution in [3.05, 3.63) is 64.1 Å². The lowest BCUT2D eigenvalue weighted by atomic mass is 10.1. The van der Waals surface area contributed by atoms with Crippen molar-refractivity contribution < 1.29 is 18.0 Å². The molecule has 0 spiro atoms. The van der Waals surface area contributed by atoms with Gasteiger partial charge in [0.1, 0.15) is 12.6 Å². The predicted molar refractivity (Wildman–Crippen MR) is 142 cm³/mol. The first-order valence-electron chi connectivity index (χ1n) is 11.3. The number of halogens is 2. The molecule has 2 amide bonds. The van der Waals surface area contributed by atoms with Crippen molar-refractivity contribution in [2.45, 2.75) is 52.1 Å². The first-order chi connectivity index (χ1) is 16.2. The van der Waals surface area contributed by atoms with Gasteiger partial charge in [0.05, 0.1) is 22.0 Å². The van der Waals surface area contributed by atoms with E-state index in [1.54, 1.807) is 6.07 Å². The van der Waals surface area contributed by atoms with Crippen molar-refractivity contribution in [3.63, 3.8) is 0 Å². The molecule has 0 unspecified atom stereocenters. The fraction of sp³-hybridized carbons (Fsp3) is 0.440. The first-order valence-corrected chi connectivity index (χ1v) is 13.9. The van der Waals surface area contributed by atoms with Gasteiger partial charge in [0.15, 0.2) is 0 Å². The van der Waals surface area contributed by atoms with Gasteiger partial charge in [-0.2, -0.15) is 0 Å². The second kappa shape index (κ2) is 12.1. The molecule has 2 aromatic carbocycles. The van der Waals surface area contributed by atoms with Gasteiger partial charge < -0.3 is 10.2 Å². The smallest absolute Gasteiger partial charge is 0.244 e. The Bertz CT molecular complexity index is 1140. The fourth-order valence-corrected chi connectivity index (χ4v) is 4.93. The van der Waals surface area contributed by atoms with Gasteiger partial charge in [0.2, 0.25) is 21.8 Å². The number of carbonyl (C=O) groups is 2. The Labute approximate surface area is 218 Å². The summed E-state index contributed by atoms with van der Waals surface area (Å²) in [6.45, 7) is 7.12. The maximum absolute atomic E-state index is 13.6. The van der Waals surface area contributed by atoms with Crippen molar-refractivity contribution in [2.24, 2.45) is 0 Å². The lowest BCUT2D eigenvalue weighted by Gasteiger charge is -2.34. The van der Waals surface area contributed by atoms with Crippen LogP contribution in [0.2, 0.25) is 10.0 Å². The van der Waals surface area contributed by atoms with Crippen molar-refractivity contribution >= 4 is 50.7 Å². The third kappa shape index (κ3) is 8.40. The molecule has 0 aromatic heterocycles. The Morgan fingerprint density at radius 3 is 2.20 bits per heavy atom. The summed E-state index contributed by atoms with van der Waals surface area (Å²) in [6.07, 6.45) is 1.86. The standard InChI is InChI=1S/C25H33Cl2N3O4S/c1-6-20(24(32)28-25(2,3)4)29(16-15-18-11-8-7-9-12-18)22(31)17-30(35(5,33)34)21-14-10-13-19(26)23(21)27/h7-14,20H,6,15-17H2,1-5H3,(H,28,32)/t20-/m0/s1. The zero-order chi connectivity index (χ0) is 26.4. The summed E-state index contributed by atoms with van der Waals surface area (Å²) in [5.41, 5.74) is 0.602. The van der Waals surface area contributed by atoms with Crippen LogP contribution in [-0.2, 0) is 26.0 Å². The Kier molecular flexibility index (Phi) is 10.0. The highest BCUT2D eigenvalue weighted by Crippen LogP contribution is 2.33. The highest BCUT2D eigenvalue weighted by atomic mass is 35.5. The fourth-order valence-electron chi connectivity index (χ4n) is 3.63. The minimum atomic E-state index is -3.89. The molecule has 0 aliphatic carbocycles. The van der Waals surface area contributed by atoms with E-state index in [1.165, 1.54) is 17.0 Å². The van der Waals surface area contributed by atoms with Gasteiger partial charge in [0.25, 0.3) is 0 Å². The predicted octanol–water partition coefficient (Wildman–Crippen LogP) is 4.52. The Hall–Kier alpha value is -2.29. The number of nitrogens with zero attached hydrogens (tertiary/aromatic N) is 2. The number of sulfonamides is 1. The van der Waals surface area contributed by atoms with Crippen LogP contribution in [0.15, 0.2) is 48.5 Å². The Morgan fingerprint density at radius 1 is 1.03 bits per heavy atom. The third-order valence-corrected chi connectivity index (χ3v) is 7.18. The summed E-state index contributed by atoms with van der Waals surface area (Å²) >= 11 is 12.4. The van der Waals surface area contributed by atoms with Crippen LogP contribution in [0, 0.1) is 0 Å². The normalized spacial score (nSPS) is 12.7. The van der Waals surface area contributed by atoms with E-state index in [1.807, 2.05) is 58.0 Å². The van der Waals surface area contributed by atoms with E-state index < -0.39 is 34.1 Å². The molecule has 35 heavy (non-hydrogen) atoms. The highest BCUT2D eigenvalue weighted by molar-refractivity contribution is 7.92. The number of amides is 2. The zero-order valence-electron chi connectivity index (χ0n) is 20.7. The second-order valence-corrected chi connectivity index (χ2v) is 12.0. The quantitative estimate of drug-likeness (QED) is 0.478. The Balaban J connectivity index is 2.42. The molecule has 0 heterocycles. The number of hydrogen-bond acceptors (Lipinski definition) is 4. The number of nitrogens with one attached hydrogen (secondary N) is 1. The van der Waals surface area contributed by atoms with Crippen molar-refractivity contribution in [1.29, 1.82) is 0 Å². The van der Waals surface area contributed by atoms with E-state index in [0.29, 0.717) is 12.8 Å². The Morgan fingerprint density at radius 2 is 1.66 bits per heavy atom. The van der Waals surface area contributed by atoms with Crippen LogP contribution >= 0.6 is 23.2 Å². The maximum atomic E-state index is 13.6. The summed E-state index contributed by atoms with van der Waals surface area (Å²) in [6, 6.07) is 13.4. The summed E-state index contributed by atoms with van der Waals surface area (Å²) in [5, 5.41) is 3.13. The zero-order valence-corrected chi connectivity index (χ0v) is 23.0. The first kappa shape index (κ1) is 28.9. The summed E-state index contributed by atoms with van der Waals surface area (Å²) in [4.78, 5) is 28.2. The molecule has 10 heteroatoms. The van der Waals surface area contributed by atoms with Crippen molar-refractivity contribution in [2.75, 3.05) is 23.7 Å². The molecule has 0 aliphatic rings. The van der Waals surface area contributed by atoms with Gasteiger partial charge in [0, 0.05) is 12.1 Å². The lowest BCUT2D eigenvalue weighted by Crippen LogP contribution is -2.56. The molecule has 1 atom stereocenters. The molecule has 1 N–H and O–H groups in total. The number of rotatable bonds is 10.